The smallest absolute Gasteiger partial charge is 0.304 e. The molecule has 4 heterocycles. The zero-order valence-electron chi connectivity index (χ0n) is 21.7. The van der Waals surface area contributed by atoms with Crippen molar-refractivity contribution < 1.29 is 24.2 Å². The van der Waals surface area contributed by atoms with Crippen molar-refractivity contribution in [3.05, 3.63) is 46.4 Å². The first-order valence-corrected chi connectivity index (χ1v) is 14.1. The highest BCUT2D eigenvalue weighted by Crippen LogP contribution is 2.38. The number of thiazole rings is 1. The predicted octanol–water partition coefficient (Wildman–Crippen LogP) is 4.91. The van der Waals surface area contributed by atoms with Gasteiger partial charge in [-0.25, -0.2) is 9.97 Å². The van der Waals surface area contributed by atoms with Gasteiger partial charge in [0.05, 0.1) is 18.5 Å². The number of rotatable bonds is 8. The lowest BCUT2D eigenvalue weighted by Crippen LogP contribution is -2.35. The number of carbonyl (C=O) groups is 3. The molecule has 39 heavy (non-hydrogen) atoms. The summed E-state index contributed by atoms with van der Waals surface area (Å²) in [6, 6.07) is 7.47. The maximum Gasteiger partial charge on any atom is 0.304 e. The Labute approximate surface area is 235 Å². The van der Waals surface area contributed by atoms with Gasteiger partial charge in [0, 0.05) is 66.5 Å². The van der Waals surface area contributed by atoms with Gasteiger partial charge >= 0.3 is 5.97 Å². The molecule has 1 saturated heterocycles. The number of pyridine rings is 1. The lowest BCUT2D eigenvalue weighted by molar-refractivity contribution is -0.141. The molecular formula is C28H29ClN4O5S. The molecule has 1 N–H and O–H groups in total. The number of aromatic nitrogens is 2. The second kappa shape index (κ2) is 11.4. The second-order valence-corrected chi connectivity index (χ2v) is 11.3. The van der Waals surface area contributed by atoms with Crippen molar-refractivity contribution in [1.82, 2.24) is 9.97 Å². The van der Waals surface area contributed by atoms with Gasteiger partial charge in [0.1, 0.15) is 5.82 Å². The molecule has 11 heteroatoms. The van der Waals surface area contributed by atoms with Crippen molar-refractivity contribution in [2.45, 2.75) is 32.1 Å². The average molecular weight is 569 g/mol. The van der Waals surface area contributed by atoms with E-state index in [-0.39, 0.29) is 24.2 Å². The molecule has 3 aromatic rings. The normalized spacial score (nSPS) is 16.3. The Hall–Kier alpha value is -3.34. The van der Waals surface area contributed by atoms with E-state index in [2.05, 4.69) is 4.98 Å². The Bertz CT molecular complexity index is 1420. The molecule has 5 rings (SSSR count). The number of carbonyl (C=O) groups excluding carboxylic acids is 2. The largest absolute Gasteiger partial charge is 0.481 e. The van der Waals surface area contributed by atoms with Crippen LogP contribution in [0.1, 0.15) is 31.2 Å². The minimum absolute atomic E-state index is 0.000786. The third-order valence-electron chi connectivity index (χ3n) is 7.38. The van der Waals surface area contributed by atoms with E-state index in [0.717, 1.165) is 35.1 Å². The molecule has 1 fully saturated rings. The summed E-state index contributed by atoms with van der Waals surface area (Å²) in [5.74, 6) is -0.964. The van der Waals surface area contributed by atoms with Gasteiger partial charge in [-0.1, -0.05) is 17.7 Å². The number of aliphatic carboxylic acids is 1. The fourth-order valence-electron chi connectivity index (χ4n) is 5.24. The van der Waals surface area contributed by atoms with Crippen LogP contribution in [0.3, 0.4) is 0 Å². The molecule has 1 atom stereocenters. The maximum atomic E-state index is 13.4. The van der Waals surface area contributed by atoms with Crippen LogP contribution >= 0.6 is 22.9 Å². The topological polar surface area (TPSA) is 113 Å². The highest BCUT2D eigenvalue weighted by atomic mass is 35.5. The summed E-state index contributed by atoms with van der Waals surface area (Å²) in [6.45, 7) is 1.28. The summed E-state index contributed by atoms with van der Waals surface area (Å²) < 4.78 is 5.42. The number of nitrogens with zero attached hydrogens (tertiary/aromatic N) is 4. The van der Waals surface area contributed by atoms with Crippen LogP contribution in [0.5, 0.6) is 0 Å². The number of carboxylic acids is 1. The van der Waals surface area contributed by atoms with E-state index in [1.165, 1.54) is 16.2 Å². The first kappa shape index (κ1) is 27.2. The molecule has 2 aliphatic heterocycles. The number of ether oxygens (including phenoxy) is 1. The van der Waals surface area contributed by atoms with Gasteiger partial charge in [0.15, 0.2) is 5.13 Å². The number of fused-ring (bicyclic) bond motifs is 1. The van der Waals surface area contributed by atoms with Gasteiger partial charge in [0.25, 0.3) is 0 Å². The number of hydrogen-bond donors (Lipinski definition) is 1. The van der Waals surface area contributed by atoms with Crippen molar-refractivity contribution >= 4 is 51.7 Å². The lowest BCUT2D eigenvalue weighted by atomic mass is 9.86. The summed E-state index contributed by atoms with van der Waals surface area (Å²) >= 11 is 7.68. The minimum Gasteiger partial charge on any atom is -0.481 e. The standard InChI is InChI=1S/C28H29ClN4O5S/c1-32-24(34)11-17-10-19(14-30-26(17)32)21-4-3-20(29)13-22(21)23-15-39-28(31-23)33(2)27(37)18(12-25(35)36)9-16-5-7-38-8-6-16/h3-4,10,13-16,18H,5-9,11-12H2,1-2H3,(H,35,36)/t18-/m1/s1. The molecule has 0 radical (unpaired) electrons. The van der Waals surface area contributed by atoms with E-state index in [1.54, 1.807) is 31.3 Å². The first-order chi connectivity index (χ1) is 18.7. The van der Waals surface area contributed by atoms with Crippen LogP contribution in [0.15, 0.2) is 35.8 Å². The highest BCUT2D eigenvalue weighted by molar-refractivity contribution is 7.14. The molecule has 2 aromatic heterocycles. The molecule has 2 amide bonds. The SMILES string of the molecule is CN(C(=O)[C@@H](CC(=O)O)CC1CCOCC1)c1nc(-c2cc(Cl)ccc2-c2cnc3c(c2)CC(=O)N3C)cs1. The molecule has 204 valence electrons. The Morgan fingerprint density at radius 3 is 2.77 bits per heavy atom. The summed E-state index contributed by atoms with van der Waals surface area (Å²) in [6.07, 6.45) is 3.98. The van der Waals surface area contributed by atoms with Crippen molar-refractivity contribution in [3.63, 3.8) is 0 Å². The first-order valence-electron chi connectivity index (χ1n) is 12.8. The van der Waals surface area contributed by atoms with E-state index in [1.807, 2.05) is 23.6 Å². The number of amides is 2. The van der Waals surface area contributed by atoms with E-state index < -0.39 is 11.9 Å². The maximum absolute atomic E-state index is 13.4. The molecular weight excluding hydrogens is 540 g/mol. The molecule has 0 unspecified atom stereocenters. The van der Waals surface area contributed by atoms with Crippen LogP contribution in [0, 0.1) is 11.8 Å². The summed E-state index contributed by atoms with van der Waals surface area (Å²) in [5.41, 5.74) is 3.96. The summed E-state index contributed by atoms with van der Waals surface area (Å²) in [4.78, 5) is 49.4. The third kappa shape index (κ3) is 5.83. The van der Waals surface area contributed by atoms with Crippen LogP contribution in [0.25, 0.3) is 22.4 Å². The van der Waals surface area contributed by atoms with E-state index in [0.29, 0.717) is 47.7 Å². The number of carboxylic acid groups (broad SMARTS) is 1. The Kier molecular flexibility index (Phi) is 7.97. The monoisotopic (exact) mass is 568 g/mol. The average Bonchev–Trinajstić information content (AvgIpc) is 3.52. The van der Waals surface area contributed by atoms with Crippen molar-refractivity contribution in [2.75, 3.05) is 37.1 Å². The molecule has 0 bridgehead atoms. The molecule has 9 nitrogen and oxygen atoms in total. The molecule has 0 spiro atoms. The lowest BCUT2D eigenvalue weighted by Gasteiger charge is -2.27. The predicted molar refractivity (Wildman–Crippen MR) is 150 cm³/mol. The van der Waals surface area contributed by atoms with E-state index in [4.69, 9.17) is 21.3 Å². The fourth-order valence-corrected chi connectivity index (χ4v) is 6.21. The summed E-state index contributed by atoms with van der Waals surface area (Å²) in [7, 11) is 3.36. The van der Waals surface area contributed by atoms with Crippen LogP contribution in [-0.4, -0.2) is 60.2 Å². The third-order valence-corrected chi connectivity index (χ3v) is 8.54. The number of likely N-dealkylation sites (N-methyl/N-ethyl adjacent to an activating group) is 1. The van der Waals surface area contributed by atoms with Crippen LogP contribution in [-0.2, 0) is 25.5 Å². The van der Waals surface area contributed by atoms with Crippen LogP contribution < -0.4 is 9.80 Å². The van der Waals surface area contributed by atoms with Crippen LogP contribution in [0.2, 0.25) is 5.02 Å². The van der Waals surface area contributed by atoms with E-state index >= 15 is 0 Å². The number of anilines is 2. The molecule has 0 aliphatic carbocycles. The Morgan fingerprint density at radius 2 is 2.03 bits per heavy atom. The van der Waals surface area contributed by atoms with Crippen molar-refractivity contribution in [3.8, 4) is 22.4 Å². The zero-order valence-corrected chi connectivity index (χ0v) is 23.3. The van der Waals surface area contributed by atoms with Gasteiger partial charge in [-0.05, 0) is 48.9 Å². The van der Waals surface area contributed by atoms with Gasteiger partial charge < -0.3 is 9.84 Å². The molecule has 1 aromatic carbocycles. The second-order valence-electron chi connectivity index (χ2n) is 10.0. The van der Waals surface area contributed by atoms with Gasteiger partial charge in [-0.2, -0.15) is 0 Å². The van der Waals surface area contributed by atoms with E-state index in [9.17, 15) is 19.5 Å². The van der Waals surface area contributed by atoms with Gasteiger partial charge in [-0.3, -0.25) is 24.2 Å². The molecule has 2 aliphatic rings. The quantitative estimate of drug-likeness (QED) is 0.410. The van der Waals surface area contributed by atoms with Crippen LogP contribution in [0.4, 0.5) is 10.9 Å². The molecule has 0 saturated carbocycles. The van der Waals surface area contributed by atoms with Crippen molar-refractivity contribution in [1.29, 1.82) is 0 Å². The number of hydrogen-bond acceptors (Lipinski definition) is 7. The number of halogens is 1. The zero-order chi connectivity index (χ0) is 27.7. The Morgan fingerprint density at radius 1 is 1.26 bits per heavy atom. The fraction of sp³-hybridized carbons (Fsp3) is 0.393. The highest BCUT2D eigenvalue weighted by Gasteiger charge is 2.31. The minimum atomic E-state index is -0.993. The summed E-state index contributed by atoms with van der Waals surface area (Å²) in [5, 5.41) is 12.3. The number of benzene rings is 1. The van der Waals surface area contributed by atoms with Gasteiger partial charge in [0.2, 0.25) is 11.8 Å². The van der Waals surface area contributed by atoms with Gasteiger partial charge in [-0.15, -0.1) is 11.3 Å². The Balaban J connectivity index is 1.41. The van der Waals surface area contributed by atoms with Crippen molar-refractivity contribution in [2.24, 2.45) is 11.8 Å².